The fourth-order valence-electron chi connectivity index (χ4n) is 2.08. The molecule has 0 fully saturated rings. The molecule has 0 radical (unpaired) electrons. The van der Waals surface area contributed by atoms with Crippen molar-refractivity contribution in [3.8, 4) is 17.6 Å². The van der Waals surface area contributed by atoms with Crippen LogP contribution in [0.1, 0.15) is 22.3 Å². The molecule has 0 aliphatic heterocycles. The van der Waals surface area contributed by atoms with E-state index in [4.69, 9.17) is 9.84 Å². The zero-order valence-electron chi connectivity index (χ0n) is 12.1. The van der Waals surface area contributed by atoms with Crippen LogP contribution in [0.3, 0.4) is 0 Å². The van der Waals surface area contributed by atoms with Gasteiger partial charge in [-0.1, -0.05) is 24.0 Å². The number of ether oxygens (including phenoxy) is 1. The third-order valence-corrected chi connectivity index (χ3v) is 2.93. The average Bonchev–Trinajstić information content (AvgIpc) is 2.44. The molecule has 1 N–H and O–H groups in total. The van der Waals surface area contributed by atoms with Gasteiger partial charge in [0.25, 0.3) is 0 Å². The third kappa shape index (κ3) is 4.34. The highest BCUT2D eigenvalue weighted by atomic mass is 19.1. The zero-order chi connectivity index (χ0) is 15.2. The largest absolute Gasteiger partial charge is 0.489 e. The molecule has 2 rings (SSSR count). The first-order chi connectivity index (χ1) is 10.1. The van der Waals surface area contributed by atoms with Gasteiger partial charge in [-0.2, -0.15) is 0 Å². The zero-order valence-corrected chi connectivity index (χ0v) is 12.1. The molecule has 0 unspecified atom stereocenters. The Balaban J connectivity index is 2.13. The standard InChI is InChI=1S/C18H17FO2/c1-13-8-14(2)10-17(9-13)21-12-15-5-6-18(19)16(11-15)4-3-7-20/h5-6,8-11,20H,7,12H2,1-2H3. The minimum absolute atomic E-state index is 0.269. The second-order valence-electron chi connectivity index (χ2n) is 4.89. The average molecular weight is 284 g/mol. The van der Waals surface area contributed by atoms with E-state index in [1.54, 1.807) is 12.1 Å². The molecular formula is C18H17FO2. The van der Waals surface area contributed by atoms with Gasteiger partial charge in [0.15, 0.2) is 0 Å². The van der Waals surface area contributed by atoms with Gasteiger partial charge in [-0.15, -0.1) is 0 Å². The number of aliphatic hydroxyl groups is 1. The van der Waals surface area contributed by atoms with Crippen LogP contribution in [0.2, 0.25) is 0 Å². The quantitative estimate of drug-likeness (QED) is 0.876. The Bertz CT molecular complexity index is 676. The van der Waals surface area contributed by atoms with Gasteiger partial charge in [0.05, 0.1) is 5.56 Å². The molecule has 0 aromatic heterocycles. The second-order valence-corrected chi connectivity index (χ2v) is 4.89. The van der Waals surface area contributed by atoms with E-state index in [2.05, 4.69) is 17.9 Å². The van der Waals surface area contributed by atoms with E-state index in [9.17, 15) is 4.39 Å². The lowest BCUT2D eigenvalue weighted by Gasteiger charge is -2.09. The van der Waals surface area contributed by atoms with Gasteiger partial charge in [0, 0.05) is 0 Å². The smallest absolute Gasteiger partial charge is 0.138 e. The lowest BCUT2D eigenvalue weighted by molar-refractivity contribution is 0.305. The monoisotopic (exact) mass is 284 g/mol. The summed E-state index contributed by atoms with van der Waals surface area (Å²) in [7, 11) is 0. The van der Waals surface area contributed by atoms with Crippen LogP contribution in [0.25, 0.3) is 0 Å². The van der Waals surface area contributed by atoms with E-state index in [1.165, 1.54) is 6.07 Å². The van der Waals surface area contributed by atoms with E-state index in [1.807, 2.05) is 26.0 Å². The summed E-state index contributed by atoms with van der Waals surface area (Å²) in [6.07, 6.45) is 0. The topological polar surface area (TPSA) is 29.5 Å². The number of hydrogen-bond acceptors (Lipinski definition) is 2. The number of hydrogen-bond donors (Lipinski definition) is 1. The van der Waals surface area contributed by atoms with Crippen LogP contribution in [0.5, 0.6) is 5.75 Å². The molecular weight excluding hydrogens is 267 g/mol. The fourth-order valence-corrected chi connectivity index (χ4v) is 2.08. The molecule has 0 heterocycles. The first kappa shape index (κ1) is 15.1. The fraction of sp³-hybridized carbons (Fsp3) is 0.222. The summed E-state index contributed by atoms with van der Waals surface area (Å²) in [5.41, 5.74) is 3.38. The highest BCUT2D eigenvalue weighted by Gasteiger charge is 2.03. The molecule has 21 heavy (non-hydrogen) atoms. The molecule has 0 amide bonds. The Morgan fingerprint density at radius 1 is 1.10 bits per heavy atom. The first-order valence-electron chi connectivity index (χ1n) is 6.68. The predicted octanol–water partition coefficient (Wildman–Crippen LogP) is 3.37. The molecule has 0 aliphatic rings. The van der Waals surface area contributed by atoms with E-state index in [-0.39, 0.29) is 12.2 Å². The Morgan fingerprint density at radius 3 is 2.48 bits per heavy atom. The first-order valence-corrected chi connectivity index (χ1v) is 6.68. The van der Waals surface area contributed by atoms with Gasteiger partial charge in [-0.25, -0.2) is 4.39 Å². The second kappa shape index (κ2) is 6.92. The van der Waals surface area contributed by atoms with Gasteiger partial charge >= 0.3 is 0 Å². The third-order valence-electron chi connectivity index (χ3n) is 2.93. The normalized spacial score (nSPS) is 9.90. The summed E-state index contributed by atoms with van der Waals surface area (Å²) in [4.78, 5) is 0. The molecule has 0 bridgehead atoms. The van der Waals surface area contributed by atoms with Gasteiger partial charge in [-0.3, -0.25) is 0 Å². The van der Waals surface area contributed by atoms with Crippen molar-refractivity contribution in [3.63, 3.8) is 0 Å². The summed E-state index contributed by atoms with van der Waals surface area (Å²) < 4.78 is 19.3. The van der Waals surface area contributed by atoms with Gasteiger partial charge < -0.3 is 9.84 Å². The van der Waals surface area contributed by atoms with Crippen molar-refractivity contribution in [2.45, 2.75) is 20.5 Å². The Labute approximate surface area is 124 Å². The van der Waals surface area contributed by atoms with Gasteiger partial charge in [-0.05, 0) is 54.8 Å². The highest BCUT2D eigenvalue weighted by molar-refractivity contribution is 5.39. The van der Waals surface area contributed by atoms with Crippen LogP contribution >= 0.6 is 0 Å². The van der Waals surface area contributed by atoms with Crippen molar-refractivity contribution >= 4 is 0 Å². The minimum atomic E-state index is -0.397. The van der Waals surface area contributed by atoms with Crippen LogP contribution in [-0.2, 0) is 6.61 Å². The molecule has 0 saturated carbocycles. The molecule has 2 aromatic carbocycles. The van der Waals surface area contributed by atoms with Crippen molar-refractivity contribution in [1.82, 2.24) is 0 Å². The van der Waals surface area contributed by atoms with E-state index in [0.717, 1.165) is 22.4 Å². The van der Waals surface area contributed by atoms with Gasteiger partial charge in [0.1, 0.15) is 24.8 Å². The molecule has 2 nitrogen and oxygen atoms in total. The summed E-state index contributed by atoms with van der Waals surface area (Å²) in [5, 5.41) is 8.67. The molecule has 0 atom stereocenters. The molecule has 2 aromatic rings. The number of aryl methyl sites for hydroxylation is 2. The van der Waals surface area contributed by atoms with Crippen LogP contribution < -0.4 is 4.74 Å². The van der Waals surface area contributed by atoms with Crippen molar-refractivity contribution in [1.29, 1.82) is 0 Å². The predicted molar refractivity (Wildman–Crippen MR) is 80.6 cm³/mol. The molecule has 0 aliphatic carbocycles. The number of aliphatic hydroxyl groups excluding tert-OH is 1. The van der Waals surface area contributed by atoms with Gasteiger partial charge in [0.2, 0.25) is 0 Å². The maximum atomic E-state index is 13.5. The lowest BCUT2D eigenvalue weighted by atomic mass is 10.1. The Morgan fingerprint density at radius 2 is 1.81 bits per heavy atom. The Hall–Kier alpha value is -2.31. The number of rotatable bonds is 3. The summed E-state index contributed by atoms with van der Waals surface area (Å²) in [5.74, 6) is 5.43. The van der Waals surface area contributed by atoms with Crippen molar-refractivity contribution in [2.75, 3.05) is 6.61 Å². The summed E-state index contributed by atoms with van der Waals surface area (Å²) in [6, 6.07) is 10.7. The lowest BCUT2D eigenvalue weighted by Crippen LogP contribution is -1.98. The van der Waals surface area contributed by atoms with E-state index in [0.29, 0.717) is 6.61 Å². The maximum Gasteiger partial charge on any atom is 0.138 e. The number of benzene rings is 2. The SMILES string of the molecule is Cc1cc(C)cc(OCc2ccc(F)c(C#CCO)c2)c1. The van der Waals surface area contributed by atoms with Crippen molar-refractivity contribution in [3.05, 3.63) is 64.5 Å². The molecule has 0 spiro atoms. The molecule has 0 saturated heterocycles. The molecule has 3 heteroatoms. The van der Waals surface area contributed by atoms with Crippen LogP contribution in [-0.4, -0.2) is 11.7 Å². The van der Waals surface area contributed by atoms with Crippen LogP contribution in [0.4, 0.5) is 4.39 Å². The van der Waals surface area contributed by atoms with Crippen molar-refractivity contribution in [2.24, 2.45) is 0 Å². The minimum Gasteiger partial charge on any atom is -0.489 e. The molecule has 108 valence electrons. The Kier molecular flexibility index (Phi) is 4.97. The van der Waals surface area contributed by atoms with E-state index < -0.39 is 5.82 Å². The van der Waals surface area contributed by atoms with E-state index >= 15 is 0 Å². The van der Waals surface area contributed by atoms with Crippen LogP contribution in [0.15, 0.2) is 36.4 Å². The maximum absolute atomic E-state index is 13.5. The summed E-state index contributed by atoms with van der Waals surface area (Å²) in [6.45, 7) is 4.08. The summed E-state index contributed by atoms with van der Waals surface area (Å²) >= 11 is 0. The highest BCUT2D eigenvalue weighted by Crippen LogP contribution is 2.18. The van der Waals surface area contributed by atoms with Crippen LogP contribution in [0, 0.1) is 31.5 Å². The van der Waals surface area contributed by atoms with Crippen molar-refractivity contribution < 1.29 is 14.2 Å². The number of halogens is 1.